The Hall–Kier alpha value is -1.90. The number of alkyl halides is 26. The molecule has 0 rings (SSSR count). The zero-order valence-electron chi connectivity index (χ0n) is 16.9. The molecule has 0 bridgehead atoms. The molecule has 0 fully saturated rings. The molecular weight excluding hydrogens is 666 g/mol. The summed E-state index contributed by atoms with van der Waals surface area (Å²) in [7, 11) is 0. The van der Waals surface area contributed by atoms with Crippen molar-refractivity contribution < 1.29 is 114 Å². The molecule has 40 heavy (non-hydrogen) atoms. The first-order valence-electron chi connectivity index (χ1n) is 8.12. The van der Waals surface area contributed by atoms with Crippen LogP contribution in [0.25, 0.3) is 0 Å². The van der Waals surface area contributed by atoms with Gasteiger partial charge in [-0.15, -0.1) is 4.90 Å². The molecule has 0 aromatic heterocycles. The van der Waals surface area contributed by atoms with Crippen molar-refractivity contribution in [1.29, 1.82) is 0 Å². The standard InChI is InChI=1S/C12H2F26N2/c13-1(14,7(25,26)27)4(19,20)10(33,34)40(11(35,36)5(21,22)2(15,16)8(28,29)30)12(37,38)6(23,24)3(17,18)9(31,32)39/h39H2. The van der Waals surface area contributed by atoms with Crippen LogP contribution in [0.3, 0.4) is 0 Å². The van der Waals surface area contributed by atoms with Crippen LogP contribution in [0.1, 0.15) is 0 Å². The Morgan fingerprint density at radius 2 is 0.450 bits per heavy atom. The van der Waals surface area contributed by atoms with Gasteiger partial charge in [0.25, 0.3) is 0 Å². The van der Waals surface area contributed by atoms with Gasteiger partial charge in [0.05, 0.1) is 0 Å². The summed E-state index contributed by atoms with van der Waals surface area (Å²) in [6.45, 7) is 0. The molecule has 0 aliphatic heterocycles. The monoisotopic (exact) mass is 668 g/mol. The second-order valence-electron chi connectivity index (χ2n) is 7.02. The molecule has 2 N–H and O–H groups in total. The van der Waals surface area contributed by atoms with Crippen molar-refractivity contribution >= 4 is 0 Å². The quantitative estimate of drug-likeness (QED) is 0.193. The van der Waals surface area contributed by atoms with E-state index in [2.05, 4.69) is 5.73 Å². The van der Waals surface area contributed by atoms with Crippen molar-refractivity contribution in [3.8, 4) is 0 Å². The van der Waals surface area contributed by atoms with E-state index in [9.17, 15) is 114 Å². The highest BCUT2D eigenvalue weighted by molar-refractivity contribution is 5.12. The van der Waals surface area contributed by atoms with E-state index in [4.69, 9.17) is 0 Å². The summed E-state index contributed by atoms with van der Waals surface area (Å²) < 4.78 is 340. The van der Waals surface area contributed by atoms with E-state index < -0.39 is 77.0 Å². The Morgan fingerprint density at radius 3 is 0.600 bits per heavy atom. The molecule has 0 aromatic carbocycles. The summed E-state index contributed by atoms with van der Waals surface area (Å²) in [6.07, 6.45) is -16.8. The van der Waals surface area contributed by atoms with E-state index in [0.29, 0.717) is 0 Å². The van der Waals surface area contributed by atoms with Gasteiger partial charge in [0.2, 0.25) is 0 Å². The number of hydrogen-bond acceptors (Lipinski definition) is 2. The van der Waals surface area contributed by atoms with Gasteiger partial charge in [-0.05, 0) is 0 Å². The summed E-state index contributed by atoms with van der Waals surface area (Å²) >= 11 is 0. The number of halogens is 26. The molecule has 0 aromatic rings. The summed E-state index contributed by atoms with van der Waals surface area (Å²) in [5.41, 5.74) is 2.91. The molecular formula is C12H2F26N2. The van der Waals surface area contributed by atoms with Crippen LogP contribution in [0.5, 0.6) is 0 Å². The van der Waals surface area contributed by atoms with Crippen molar-refractivity contribution in [1.82, 2.24) is 4.90 Å². The fourth-order valence-electron chi connectivity index (χ4n) is 2.08. The highest BCUT2D eigenvalue weighted by atomic mass is 19.4. The van der Waals surface area contributed by atoms with Crippen LogP contribution in [0.2, 0.25) is 0 Å². The minimum atomic E-state index is -9.73. The van der Waals surface area contributed by atoms with Crippen molar-refractivity contribution in [3.05, 3.63) is 0 Å². The maximum absolute atomic E-state index is 13.9. The fourth-order valence-corrected chi connectivity index (χ4v) is 2.08. The second kappa shape index (κ2) is 9.05. The Labute approximate surface area is 198 Å². The molecule has 0 saturated carbocycles. The molecule has 0 spiro atoms. The predicted molar refractivity (Wildman–Crippen MR) is 67.6 cm³/mol. The maximum atomic E-state index is 13.9. The van der Waals surface area contributed by atoms with Crippen LogP contribution in [0.4, 0.5) is 114 Å². The van der Waals surface area contributed by atoms with Crippen molar-refractivity contribution in [2.45, 2.75) is 72.1 Å². The molecule has 0 aliphatic carbocycles. The molecule has 2 nitrogen and oxygen atoms in total. The molecule has 28 heteroatoms. The van der Waals surface area contributed by atoms with E-state index in [1.807, 2.05) is 0 Å². The van der Waals surface area contributed by atoms with E-state index in [1.165, 1.54) is 0 Å². The Kier molecular flexibility index (Phi) is 8.62. The highest BCUT2D eigenvalue weighted by Gasteiger charge is 2.96. The summed E-state index contributed by atoms with van der Waals surface area (Å²) in [4.78, 5) is -6.04. The average Bonchev–Trinajstić information content (AvgIpc) is 2.63. The van der Waals surface area contributed by atoms with Crippen LogP contribution in [-0.2, 0) is 0 Å². The summed E-state index contributed by atoms with van der Waals surface area (Å²) in [5, 5.41) is 0. The van der Waals surface area contributed by atoms with Gasteiger partial charge in [-0.3, -0.25) is 5.73 Å². The molecule has 0 heterocycles. The summed E-state index contributed by atoms with van der Waals surface area (Å²) in [5.74, 6) is -54.5. The molecule has 0 saturated heterocycles. The van der Waals surface area contributed by atoms with Gasteiger partial charge in [-0.1, -0.05) is 0 Å². The van der Waals surface area contributed by atoms with E-state index >= 15 is 0 Å². The zero-order chi connectivity index (χ0) is 33.6. The third-order valence-electron chi connectivity index (χ3n) is 4.29. The first-order chi connectivity index (χ1) is 16.6. The number of nitrogens with zero attached hydrogens (tertiary/aromatic N) is 1. The highest BCUT2D eigenvalue weighted by Crippen LogP contribution is 2.65. The van der Waals surface area contributed by atoms with Crippen LogP contribution in [-0.4, -0.2) is 77.0 Å². The minimum Gasteiger partial charge on any atom is -0.267 e. The molecule has 0 unspecified atom stereocenters. The van der Waals surface area contributed by atoms with Crippen LogP contribution in [0.15, 0.2) is 0 Å². The zero-order valence-corrected chi connectivity index (χ0v) is 16.9. The maximum Gasteiger partial charge on any atom is 0.460 e. The topological polar surface area (TPSA) is 29.3 Å². The molecule has 0 radical (unpaired) electrons. The lowest BCUT2D eigenvalue weighted by molar-refractivity contribution is -0.526. The van der Waals surface area contributed by atoms with E-state index in [1.54, 1.807) is 0 Å². The Morgan fingerprint density at radius 1 is 0.275 bits per heavy atom. The Balaban J connectivity index is 8.21. The minimum absolute atomic E-state index is 2.91. The van der Waals surface area contributed by atoms with Crippen LogP contribution in [0, 0.1) is 0 Å². The van der Waals surface area contributed by atoms with Crippen molar-refractivity contribution in [2.75, 3.05) is 0 Å². The van der Waals surface area contributed by atoms with Crippen molar-refractivity contribution in [3.63, 3.8) is 0 Å². The normalized spacial score (nSPS) is 17.1. The summed E-state index contributed by atoms with van der Waals surface area (Å²) in [6, 6.07) is -36.5. The van der Waals surface area contributed by atoms with Gasteiger partial charge in [0.1, 0.15) is 0 Å². The van der Waals surface area contributed by atoms with Gasteiger partial charge in [-0.25, -0.2) is 0 Å². The Bertz CT molecular complexity index is 797. The largest absolute Gasteiger partial charge is 0.460 e. The molecule has 0 atom stereocenters. The lowest BCUT2D eigenvalue weighted by Gasteiger charge is -2.49. The number of hydrogen-bond donors (Lipinski definition) is 1. The number of nitrogens with two attached hydrogens (primary N) is 1. The third-order valence-corrected chi connectivity index (χ3v) is 4.29. The first-order valence-corrected chi connectivity index (χ1v) is 8.12. The predicted octanol–water partition coefficient (Wildman–Crippen LogP) is 7.55. The van der Waals surface area contributed by atoms with Gasteiger partial charge >= 0.3 is 72.1 Å². The average molecular weight is 668 g/mol. The fraction of sp³-hybridized carbons (Fsp3) is 1.00. The van der Waals surface area contributed by atoms with Crippen molar-refractivity contribution in [2.24, 2.45) is 5.73 Å². The molecule has 0 amide bonds. The molecule has 0 aliphatic rings. The van der Waals surface area contributed by atoms with Gasteiger partial charge in [0.15, 0.2) is 0 Å². The first kappa shape index (κ1) is 38.1. The number of rotatable bonds is 10. The smallest absolute Gasteiger partial charge is 0.267 e. The second-order valence-corrected chi connectivity index (χ2v) is 7.02. The lowest BCUT2D eigenvalue weighted by Crippen LogP contribution is -2.82. The molecule has 242 valence electrons. The van der Waals surface area contributed by atoms with Gasteiger partial charge in [-0.2, -0.15) is 114 Å². The van der Waals surface area contributed by atoms with E-state index in [-0.39, 0.29) is 0 Å². The van der Waals surface area contributed by atoms with Gasteiger partial charge < -0.3 is 0 Å². The van der Waals surface area contributed by atoms with Crippen LogP contribution < -0.4 is 5.73 Å². The lowest BCUT2D eigenvalue weighted by atomic mass is 9.99. The van der Waals surface area contributed by atoms with E-state index in [0.717, 1.165) is 0 Å². The van der Waals surface area contributed by atoms with Gasteiger partial charge in [0, 0.05) is 0 Å². The van der Waals surface area contributed by atoms with Crippen LogP contribution >= 0.6 is 0 Å². The third kappa shape index (κ3) is 4.72. The SMILES string of the molecule is NC(F)(F)C(F)(F)C(F)(F)C(F)(F)N(C(F)(F)C(F)(F)C(F)(F)C(F)(F)F)C(F)(F)C(F)(F)C(F)(F)C(F)(F)F.